The number of imidazole rings is 1. The quantitative estimate of drug-likeness (QED) is 0.429. The van der Waals surface area contributed by atoms with Crippen molar-refractivity contribution >= 4 is 27.6 Å². The summed E-state index contributed by atoms with van der Waals surface area (Å²) in [4.78, 5) is 8.90. The van der Waals surface area contributed by atoms with Crippen LogP contribution in [-0.4, -0.2) is 33.9 Å². The number of benzene rings is 1. The number of rotatable bonds is 3. The number of alkyl halides is 1. The number of amidine groups is 2. The number of hydrogen-bond acceptors (Lipinski definition) is 3. The summed E-state index contributed by atoms with van der Waals surface area (Å²) in [6.07, 6.45) is 1.89. The van der Waals surface area contributed by atoms with Gasteiger partial charge < -0.3 is 14.6 Å². The minimum Gasteiger partial charge on any atom is -0.491 e. The van der Waals surface area contributed by atoms with Crippen molar-refractivity contribution in [2.45, 2.75) is 45.1 Å². The molecule has 0 aliphatic carbocycles. The molecule has 27 heavy (non-hydrogen) atoms. The molecular weight excluding hydrogens is 413 g/mol. The van der Waals surface area contributed by atoms with Crippen LogP contribution in [0.1, 0.15) is 43.8 Å². The lowest BCUT2D eigenvalue weighted by Crippen LogP contribution is -2.32. The second-order valence-electron chi connectivity index (χ2n) is 6.82. The Bertz CT molecular complexity index is 904. The van der Waals surface area contributed by atoms with Gasteiger partial charge in [0.2, 0.25) is 0 Å². The van der Waals surface area contributed by atoms with Crippen LogP contribution in [0.3, 0.4) is 0 Å². The van der Waals surface area contributed by atoms with Gasteiger partial charge in [0.15, 0.2) is 5.84 Å². The van der Waals surface area contributed by atoms with E-state index in [4.69, 9.17) is 15.1 Å². The lowest BCUT2D eigenvalue weighted by Gasteiger charge is -2.12. The van der Waals surface area contributed by atoms with E-state index in [1.54, 1.807) is 13.0 Å². The molecule has 6 nitrogen and oxygen atoms in total. The Balaban J connectivity index is 2.13. The fourth-order valence-electron chi connectivity index (χ4n) is 2.94. The molecule has 2 heterocycles. The Morgan fingerprint density at radius 3 is 2.78 bits per heavy atom. The second kappa shape index (κ2) is 7.80. The molecule has 8 heteroatoms. The van der Waals surface area contributed by atoms with Crippen LogP contribution in [0.15, 0.2) is 23.3 Å². The van der Waals surface area contributed by atoms with Gasteiger partial charge in [0.1, 0.15) is 35.5 Å². The lowest BCUT2D eigenvalue weighted by molar-refractivity contribution is 0.305. The van der Waals surface area contributed by atoms with Gasteiger partial charge in [-0.2, -0.15) is 0 Å². The summed E-state index contributed by atoms with van der Waals surface area (Å²) in [5.74, 6) is 1.63. The van der Waals surface area contributed by atoms with Crippen molar-refractivity contribution in [2.24, 2.45) is 4.99 Å². The first-order chi connectivity index (χ1) is 12.8. The number of aliphatic imine (C=N–C) groups is 1. The lowest BCUT2D eigenvalue weighted by atomic mass is 10.1. The van der Waals surface area contributed by atoms with E-state index in [1.807, 2.05) is 31.5 Å². The maximum Gasteiger partial charge on any atom is 0.155 e. The smallest absolute Gasteiger partial charge is 0.155 e. The third kappa shape index (κ3) is 4.21. The highest BCUT2D eigenvalue weighted by Gasteiger charge is 2.23. The van der Waals surface area contributed by atoms with Crippen molar-refractivity contribution in [2.75, 3.05) is 6.61 Å². The van der Waals surface area contributed by atoms with Crippen molar-refractivity contribution in [3.63, 3.8) is 0 Å². The van der Waals surface area contributed by atoms with Gasteiger partial charge in [0.05, 0.1) is 12.1 Å². The van der Waals surface area contributed by atoms with E-state index in [2.05, 4.69) is 26.2 Å². The first-order valence-electron chi connectivity index (χ1n) is 8.85. The Labute approximate surface area is 166 Å². The molecule has 0 fully saturated rings. The maximum absolute atomic E-state index is 14.4. The molecule has 1 aliphatic heterocycles. The third-order valence-electron chi connectivity index (χ3n) is 4.08. The zero-order valence-electron chi connectivity index (χ0n) is 15.8. The molecule has 144 valence electrons. The highest BCUT2D eigenvalue weighted by molar-refractivity contribution is 9.09. The molecular formula is C19H23BrFN5O. The van der Waals surface area contributed by atoms with Crippen LogP contribution in [0.4, 0.5) is 4.39 Å². The predicted octanol–water partition coefficient (Wildman–Crippen LogP) is 4.28. The Morgan fingerprint density at radius 1 is 1.41 bits per heavy atom. The molecule has 1 aromatic heterocycles. The van der Waals surface area contributed by atoms with Gasteiger partial charge in [-0.25, -0.2) is 14.4 Å². The van der Waals surface area contributed by atoms with Gasteiger partial charge in [-0.05, 0) is 33.8 Å². The predicted molar refractivity (Wildman–Crippen MR) is 109 cm³/mol. The van der Waals surface area contributed by atoms with E-state index in [0.29, 0.717) is 41.8 Å². The molecule has 0 bridgehead atoms. The van der Waals surface area contributed by atoms with Crippen molar-refractivity contribution in [3.8, 4) is 17.1 Å². The molecule has 0 saturated heterocycles. The van der Waals surface area contributed by atoms with E-state index in [1.165, 1.54) is 6.07 Å². The highest BCUT2D eigenvalue weighted by atomic mass is 79.9. The van der Waals surface area contributed by atoms with Gasteiger partial charge in [-0.1, -0.05) is 15.9 Å². The molecule has 2 aromatic rings. The number of aromatic nitrogens is 2. The van der Waals surface area contributed by atoms with E-state index in [9.17, 15) is 4.39 Å². The highest BCUT2D eigenvalue weighted by Crippen LogP contribution is 2.37. The third-order valence-corrected chi connectivity index (χ3v) is 4.58. The summed E-state index contributed by atoms with van der Waals surface area (Å²) in [6.45, 7) is 8.53. The Hall–Kier alpha value is -2.22. The minimum absolute atomic E-state index is 0.130. The van der Waals surface area contributed by atoms with Crippen LogP contribution in [0.25, 0.3) is 11.4 Å². The topological polar surface area (TPSA) is 75.3 Å². The van der Waals surface area contributed by atoms with Crippen LogP contribution in [0, 0.1) is 11.2 Å². The largest absolute Gasteiger partial charge is 0.491 e. The Kier molecular flexibility index (Phi) is 5.64. The average molecular weight is 436 g/mol. The first kappa shape index (κ1) is 19.5. The molecule has 0 amide bonds. The van der Waals surface area contributed by atoms with Gasteiger partial charge in [-0.3, -0.25) is 5.41 Å². The van der Waals surface area contributed by atoms with Crippen molar-refractivity contribution < 1.29 is 9.13 Å². The summed E-state index contributed by atoms with van der Waals surface area (Å²) in [6, 6.07) is 3.36. The van der Waals surface area contributed by atoms with E-state index in [0.717, 1.165) is 5.56 Å². The van der Waals surface area contributed by atoms with Crippen LogP contribution in [0.5, 0.6) is 5.75 Å². The van der Waals surface area contributed by atoms with Crippen LogP contribution < -0.4 is 10.1 Å². The van der Waals surface area contributed by atoms with E-state index >= 15 is 0 Å². The SMILES string of the molecule is CC(=N)/N=C(\NC(C)C)c1cn2c(n1)-c1cc(C(C)Br)c(F)cc1OCC2. The van der Waals surface area contributed by atoms with Gasteiger partial charge >= 0.3 is 0 Å². The summed E-state index contributed by atoms with van der Waals surface area (Å²) in [5, 5.41) is 11.0. The van der Waals surface area contributed by atoms with Crippen molar-refractivity contribution in [3.05, 3.63) is 35.4 Å². The number of halogens is 2. The average Bonchev–Trinajstić information content (AvgIpc) is 2.90. The van der Waals surface area contributed by atoms with Crippen LogP contribution in [0.2, 0.25) is 0 Å². The zero-order valence-corrected chi connectivity index (χ0v) is 17.4. The number of ether oxygens (including phenoxy) is 1. The summed E-state index contributed by atoms with van der Waals surface area (Å²) < 4.78 is 22.1. The first-order valence-corrected chi connectivity index (χ1v) is 9.76. The molecule has 1 unspecified atom stereocenters. The monoisotopic (exact) mass is 435 g/mol. The summed E-state index contributed by atoms with van der Waals surface area (Å²) in [7, 11) is 0. The van der Waals surface area contributed by atoms with Crippen LogP contribution in [-0.2, 0) is 6.54 Å². The molecule has 3 rings (SSSR count). The van der Waals surface area contributed by atoms with Crippen LogP contribution >= 0.6 is 15.9 Å². The second-order valence-corrected chi connectivity index (χ2v) is 8.20. The zero-order chi connectivity index (χ0) is 19.7. The molecule has 0 radical (unpaired) electrons. The molecule has 1 aromatic carbocycles. The van der Waals surface area contributed by atoms with Gasteiger partial charge in [-0.15, -0.1) is 0 Å². The maximum atomic E-state index is 14.4. The minimum atomic E-state index is -0.304. The molecule has 0 spiro atoms. The number of fused-ring (bicyclic) bond motifs is 3. The van der Waals surface area contributed by atoms with E-state index < -0.39 is 0 Å². The summed E-state index contributed by atoms with van der Waals surface area (Å²) >= 11 is 3.44. The number of nitrogens with one attached hydrogen (secondary N) is 2. The normalized spacial score (nSPS) is 14.9. The number of nitrogens with zero attached hydrogens (tertiary/aromatic N) is 3. The summed E-state index contributed by atoms with van der Waals surface area (Å²) in [5.41, 5.74) is 1.95. The number of hydrogen-bond donors (Lipinski definition) is 2. The van der Waals surface area contributed by atoms with Gasteiger partial charge in [0, 0.05) is 28.7 Å². The fourth-order valence-corrected chi connectivity index (χ4v) is 3.30. The molecule has 1 aliphatic rings. The Morgan fingerprint density at radius 2 is 2.15 bits per heavy atom. The molecule has 0 saturated carbocycles. The van der Waals surface area contributed by atoms with Crippen molar-refractivity contribution in [1.82, 2.24) is 14.9 Å². The molecule has 1 atom stereocenters. The van der Waals surface area contributed by atoms with E-state index in [-0.39, 0.29) is 22.5 Å². The standard InChI is InChI=1S/C19H23BrFN5O/c1-10(2)23-18(24-12(4)22)16-9-26-5-6-27-17-8-15(21)13(11(3)20)7-14(17)19(26)25-16/h7-11H,5-6H2,1-4H3,(H2,22,23,24). The fraction of sp³-hybridized carbons (Fsp3) is 0.421. The molecule has 2 N–H and O–H groups in total. The van der Waals surface area contributed by atoms with Crippen molar-refractivity contribution in [1.29, 1.82) is 5.41 Å². The van der Waals surface area contributed by atoms with Gasteiger partial charge in [0.25, 0.3) is 0 Å².